The third-order valence-electron chi connectivity index (χ3n) is 1.58. The largest absolute Gasteiger partial charge is 0.407 e. The lowest BCUT2D eigenvalue weighted by Gasteiger charge is -1.96. The normalized spacial score (nSPS) is 10.4. The van der Waals surface area contributed by atoms with Gasteiger partial charge in [-0.3, -0.25) is 0 Å². The molecule has 0 radical (unpaired) electrons. The summed E-state index contributed by atoms with van der Waals surface area (Å²) in [6.07, 6.45) is 0. The van der Waals surface area contributed by atoms with Gasteiger partial charge in [-0.2, -0.15) is 0 Å². The van der Waals surface area contributed by atoms with Crippen molar-refractivity contribution in [3.63, 3.8) is 0 Å². The van der Waals surface area contributed by atoms with E-state index in [9.17, 15) is 0 Å². The quantitative estimate of drug-likeness (QED) is 0.819. The minimum atomic E-state index is 0.244. The van der Waals surface area contributed by atoms with E-state index in [2.05, 4.69) is 15.5 Å². The molecule has 0 saturated carbocycles. The molecule has 2 heterocycles. The molecule has 6 heteroatoms. The Balaban J connectivity index is 1.92. The molecule has 14 heavy (non-hydrogen) atoms. The van der Waals surface area contributed by atoms with E-state index in [0.717, 1.165) is 0 Å². The molecule has 0 aliphatic carbocycles. The summed E-state index contributed by atoms with van der Waals surface area (Å²) in [5.74, 6) is 0.675. The van der Waals surface area contributed by atoms with Crippen molar-refractivity contribution >= 4 is 29.0 Å². The summed E-state index contributed by atoms with van der Waals surface area (Å²) in [5, 5.41) is 12.5. The Morgan fingerprint density at radius 3 is 3.07 bits per heavy atom. The van der Waals surface area contributed by atoms with Crippen LogP contribution in [-0.2, 0) is 12.4 Å². The van der Waals surface area contributed by atoms with Crippen LogP contribution in [0.2, 0.25) is 0 Å². The van der Waals surface area contributed by atoms with E-state index in [1.54, 1.807) is 11.3 Å². The summed E-state index contributed by atoms with van der Waals surface area (Å²) >= 11 is 7.19. The highest BCUT2D eigenvalue weighted by molar-refractivity contribution is 7.09. The fraction of sp³-hybridized carbons (Fsp3) is 0.250. The Morgan fingerprint density at radius 1 is 1.50 bits per heavy atom. The number of rotatable bonds is 4. The van der Waals surface area contributed by atoms with E-state index in [1.807, 2.05) is 17.5 Å². The first-order valence-corrected chi connectivity index (χ1v) is 5.44. The molecule has 0 aliphatic rings. The summed E-state index contributed by atoms with van der Waals surface area (Å²) in [5.41, 5.74) is 0. The number of alkyl halides is 1. The number of anilines is 1. The van der Waals surface area contributed by atoms with Gasteiger partial charge in [-0.15, -0.1) is 28.0 Å². The molecule has 2 aromatic heterocycles. The van der Waals surface area contributed by atoms with Gasteiger partial charge in [0.15, 0.2) is 0 Å². The lowest BCUT2D eigenvalue weighted by molar-refractivity contribution is 0.525. The van der Waals surface area contributed by atoms with Crippen LogP contribution in [0.25, 0.3) is 0 Å². The standard InChI is InChI=1S/C8H8ClN3OS/c9-4-7-11-12-8(13-7)10-5-6-2-1-3-14-6/h1-3H,4-5H2,(H,10,12). The monoisotopic (exact) mass is 229 g/mol. The smallest absolute Gasteiger partial charge is 0.315 e. The topological polar surface area (TPSA) is 51.0 Å². The van der Waals surface area contributed by atoms with Gasteiger partial charge in [0.05, 0.1) is 6.54 Å². The molecule has 0 aromatic carbocycles. The third kappa shape index (κ3) is 2.24. The van der Waals surface area contributed by atoms with Crippen molar-refractivity contribution in [3.05, 3.63) is 28.3 Å². The van der Waals surface area contributed by atoms with E-state index in [1.165, 1.54) is 4.88 Å². The first-order valence-electron chi connectivity index (χ1n) is 4.03. The van der Waals surface area contributed by atoms with E-state index in [4.69, 9.17) is 16.0 Å². The summed E-state index contributed by atoms with van der Waals surface area (Å²) < 4.78 is 5.17. The molecular weight excluding hydrogens is 222 g/mol. The van der Waals surface area contributed by atoms with Gasteiger partial charge in [0.25, 0.3) is 0 Å². The molecule has 0 bridgehead atoms. The summed E-state index contributed by atoms with van der Waals surface area (Å²) in [6, 6.07) is 4.45. The van der Waals surface area contributed by atoms with Crippen molar-refractivity contribution < 1.29 is 4.42 Å². The lowest BCUT2D eigenvalue weighted by atomic mass is 10.5. The van der Waals surface area contributed by atoms with Crippen molar-refractivity contribution in [3.8, 4) is 0 Å². The molecule has 1 N–H and O–H groups in total. The number of thiophene rings is 1. The minimum absolute atomic E-state index is 0.244. The average Bonchev–Trinajstić information content (AvgIpc) is 2.86. The van der Waals surface area contributed by atoms with Crippen LogP contribution in [0, 0.1) is 0 Å². The number of nitrogens with zero attached hydrogens (tertiary/aromatic N) is 2. The number of hydrogen-bond donors (Lipinski definition) is 1. The summed E-state index contributed by atoms with van der Waals surface area (Å²) in [6.45, 7) is 0.696. The molecule has 2 rings (SSSR count). The summed E-state index contributed by atoms with van der Waals surface area (Å²) in [4.78, 5) is 1.22. The van der Waals surface area contributed by atoms with Crippen molar-refractivity contribution in [1.29, 1.82) is 0 Å². The first kappa shape index (κ1) is 9.48. The maximum absolute atomic E-state index is 5.52. The number of halogens is 1. The molecule has 74 valence electrons. The third-order valence-corrected chi connectivity index (χ3v) is 2.68. The molecule has 2 aromatic rings. The second kappa shape index (κ2) is 4.43. The average molecular weight is 230 g/mol. The lowest BCUT2D eigenvalue weighted by Crippen LogP contribution is -1.97. The molecule has 0 aliphatic heterocycles. The van der Waals surface area contributed by atoms with Crippen LogP contribution < -0.4 is 5.32 Å². The maximum atomic E-state index is 5.52. The number of aromatic nitrogens is 2. The highest BCUT2D eigenvalue weighted by Gasteiger charge is 2.03. The van der Waals surface area contributed by atoms with Crippen molar-refractivity contribution in [2.75, 3.05) is 5.32 Å². The van der Waals surface area contributed by atoms with E-state index >= 15 is 0 Å². The predicted molar refractivity (Wildman–Crippen MR) is 55.5 cm³/mol. The Labute approximate surface area is 89.9 Å². The molecule has 0 fully saturated rings. The van der Waals surface area contributed by atoms with Crippen LogP contribution in [-0.4, -0.2) is 10.2 Å². The molecule has 0 saturated heterocycles. The fourth-order valence-corrected chi connectivity index (χ4v) is 1.71. The van der Waals surface area contributed by atoms with Gasteiger partial charge in [-0.25, -0.2) is 0 Å². The highest BCUT2D eigenvalue weighted by atomic mass is 35.5. The first-order chi connectivity index (χ1) is 6.88. The molecule has 0 unspecified atom stereocenters. The minimum Gasteiger partial charge on any atom is -0.407 e. The molecular formula is C8H8ClN3OS. The van der Waals surface area contributed by atoms with Gasteiger partial charge in [0, 0.05) is 4.88 Å². The second-order valence-corrected chi connectivity index (χ2v) is 3.87. The van der Waals surface area contributed by atoms with E-state index < -0.39 is 0 Å². The summed E-state index contributed by atoms with van der Waals surface area (Å²) in [7, 11) is 0. The molecule has 0 spiro atoms. The Hall–Kier alpha value is -1.07. The fourth-order valence-electron chi connectivity index (χ4n) is 0.955. The Bertz CT molecular complexity index is 387. The van der Waals surface area contributed by atoms with Crippen LogP contribution in [0.1, 0.15) is 10.8 Å². The van der Waals surface area contributed by atoms with Crippen molar-refractivity contribution in [2.24, 2.45) is 0 Å². The predicted octanol–water partition coefficient (Wildman–Crippen LogP) is 2.48. The number of hydrogen-bond acceptors (Lipinski definition) is 5. The van der Waals surface area contributed by atoms with Crippen LogP contribution in [0.3, 0.4) is 0 Å². The van der Waals surface area contributed by atoms with Gasteiger partial charge in [-0.05, 0) is 11.4 Å². The van der Waals surface area contributed by atoms with Crippen molar-refractivity contribution in [2.45, 2.75) is 12.4 Å². The van der Waals surface area contributed by atoms with Gasteiger partial charge >= 0.3 is 6.01 Å². The van der Waals surface area contributed by atoms with Crippen molar-refractivity contribution in [1.82, 2.24) is 10.2 Å². The molecule has 0 amide bonds. The molecule has 0 atom stereocenters. The van der Waals surface area contributed by atoms with E-state index in [0.29, 0.717) is 18.5 Å². The zero-order valence-corrected chi connectivity index (χ0v) is 8.81. The SMILES string of the molecule is ClCc1nnc(NCc2cccs2)o1. The Kier molecular flexibility index (Phi) is 3.00. The van der Waals surface area contributed by atoms with Crippen LogP contribution in [0.5, 0.6) is 0 Å². The highest BCUT2D eigenvalue weighted by Crippen LogP contribution is 2.12. The molecule has 4 nitrogen and oxygen atoms in total. The van der Waals surface area contributed by atoms with Gasteiger partial charge in [0.1, 0.15) is 5.88 Å². The van der Waals surface area contributed by atoms with Gasteiger partial charge in [-0.1, -0.05) is 11.2 Å². The van der Waals surface area contributed by atoms with E-state index in [-0.39, 0.29) is 5.88 Å². The van der Waals surface area contributed by atoms with Crippen LogP contribution >= 0.6 is 22.9 Å². The Morgan fingerprint density at radius 2 is 2.43 bits per heavy atom. The van der Waals surface area contributed by atoms with Crippen LogP contribution in [0.4, 0.5) is 6.01 Å². The van der Waals surface area contributed by atoms with Gasteiger partial charge < -0.3 is 9.73 Å². The maximum Gasteiger partial charge on any atom is 0.315 e. The zero-order chi connectivity index (χ0) is 9.80. The number of nitrogens with one attached hydrogen (secondary N) is 1. The zero-order valence-electron chi connectivity index (χ0n) is 7.24. The van der Waals surface area contributed by atoms with Gasteiger partial charge in [0.2, 0.25) is 5.89 Å². The van der Waals surface area contributed by atoms with Crippen LogP contribution in [0.15, 0.2) is 21.9 Å². The second-order valence-electron chi connectivity index (χ2n) is 2.57.